The highest BCUT2D eigenvalue weighted by atomic mass is 35.5. The molecule has 2 atom stereocenters. The highest BCUT2D eigenvalue weighted by Crippen LogP contribution is 2.39. The molecule has 1 nitrogen and oxygen atoms in total. The molecule has 1 aromatic carbocycles. The van der Waals surface area contributed by atoms with Gasteiger partial charge >= 0.3 is 0 Å². The van der Waals surface area contributed by atoms with E-state index in [0.717, 1.165) is 19.4 Å². The standard InChI is InChI=1S/C12H15Cl2N/c1-12(14)8-7-11(13)15(12)9-10-5-3-2-4-6-10/h2-6,11H,7-9H2,1H3. The van der Waals surface area contributed by atoms with E-state index in [1.54, 1.807) is 0 Å². The molecule has 2 unspecified atom stereocenters. The summed E-state index contributed by atoms with van der Waals surface area (Å²) in [6.45, 7) is 2.87. The van der Waals surface area contributed by atoms with Gasteiger partial charge in [-0.1, -0.05) is 30.3 Å². The second-order valence-electron chi connectivity index (χ2n) is 4.23. The first-order chi connectivity index (χ1) is 7.09. The number of halogens is 2. The Hall–Kier alpha value is -0.240. The van der Waals surface area contributed by atoms with Crippen LogP contribution in [0.5, 0.6) is 0 Å². The lowest BCUT2D eigenvalue weighted by molar-refractivity contribution is 0.207. The smallest absolute Gasteiger partial charge is 0.0947 e. The summed E-state index contributed by atoms with van der Waals surface area (Å²) < 4.78 is 0. The number of alkyl halides is 2. The van der Waals surface area contributed by atoms with Crippen molar-refractivity contribution in [2.24, 2.45) is 0 Å². The van der Waals surface area contributed by atoms with Crippen molar-refractivity contribution in [1.29, 1.82) is 0 Å². The van der Waals surface area contributed by atoms with Gasteiger partial charge < -0.3 is 0 Å². The van der Waals surface area contributed by atoms with E-state index in [1.807, 2.05) is 25.1 Å². The Labute approximate surface area is 101 Å². The van der Waals surface area contributed by atoms with Crippen LogP contribution in [0, 0.1) is 0 Å². The van der Waals surface area contributed by atoms with Crippen LogP contribution in [0.2, 0.25) is 0 Å². The molecule has 1 aliphatic heterocycles. The van der Waals surface area contributed by atoms with Gasteiger partial charge in [-0.05, 0) is 25.3 Å². The van der Waals surface area contributed by atoms with E-state index in [9.17, 15) is 0 Å². The lowest BCUT2D eigenvalue weighted by Crippen LogP contribution is -2.38. The van der Waals surface area contributed by atoms with Gasteiger partial charge in [0.25, 0.3) is 0 Å². The first-order valence-corrected chi connectivity index (χ1v) is 6.05. The predicted octanol–water partition coefficient (Wildman–Crippen LogP) is 3.80. The molecule has 82 valence electrons. The Bertz CT molecular complexity index is 324. The molecule has 3 heteroatoms. The van der Waals surface area contributed by atoms with Crippen LogP contribution in [0.3, 0.4) is 0 Å². The molecule has 1 saturated heterocycles. The monoisotopic (exact) mass is 243 g/mol. The van der Waals surface area contributed by atoms with Crippen molar-refractivity contribution < 1.29 is 0 Å². The van der Waals surface area contributed by atoms with Gasteiger partial charge in [-0.3, -0.25) is 4.90 Å². The maximum absolute atomic E-state index is 6.42. The number of hydrogen-bond acceptors (Lipinski definition) is 1. The van der Waals surface area contributed by atoms with E-state index in [0.29, 0.717) is 0 Å². The van der Waals surface area contributed by atoms with Gasteiger partial charge in [-0.25, -0.2) is 0 Å². The molecule has 0 saturated carbocycles. The lowest BCUT2D eigenvalue weighted by Gasteiger charge is -2.31. The van der Waals surface area contributed by atoms with E-state index < -0.39 is 0 Å². The molecular formula is C12H15Cl2N. The van der Waals surface area contributed by atoms with Crippen molar-refractivity contribution in [3.05, 3.63) is 35.9 Å². The zero-order valence-electron chi connectivity index (χ0n) is 8.79. The highest BCUT2D eigenvalue weighted by Gasteiger charge is 2.40. The normalized spacial score (nSPS) is 32.1. The SMILES string of the molecule is CC1(Cl)CCC(Cl)N1Cc1ccccc1. The first kappa shape index (κ1) is 11.3. The number of likely N-dealkylation sites (tertiary alicyclic amines) is 1. The lowest BCUT2D eigenvalue weighted by atomic mass is 10.2. The second kappa shape index (κ2) is 4.32. The summed E-state index contributed by atoms with van der Waals surface area (Å²) in [4.78, 5) is 1.87. The minimum atomic E-state index is -0.289. The third-order valence-corrected chi connectivity index (χ3v) is 3.83. The van der Waals surface area contributed by atoms with Crippen molar-refractivity contribution in [2.45, 2.75) is 36.8 Å². The average molecular weight is 244 g/mol. The second-order valence-corrected chi connectivity index (χ2v) is 5.55. The Morgan fingerprint density at radius 1 is 1.40 bits per heavy atom. The fraction of sp³-hybridized carbons (Fsp3) is 0.500. The molecular weight excluding hydrogens is 229 g/mol. The highest BCUT2D eigenvalue weighted by molar-refractivity contribution is 6.25. The third-order valence-electron chi connectivity index (χ3n) is 2.97. The summed E-state index contributed by atoms with van der Waals surface area (Å²) in [5.41, 5.74) is 1.32. The van der Waals surface area contributed by atoms with Crippen LogP contribution in [-0.4, -0.2) is 15.4 Å². The van der Waals surface area contributed by atoms with Crippen LogP contribution in [-0.2, 0) is 6.54 Å². The van der Waals surface area contributed by atoms with E-state index in [4.69, 9.17) is 23.2 Å². The Morgan fingerprint density at radius 2 is 2.07 bits per heavy atom. The molecule has 1 fully saturated rings. The zero-order chi connectivity index (χ0) is 10.9. The van der Waals surface area contributed by atoms with Crippen LogP contribution >= 0.6 is 23.2 Å². The maximum Gasteiger partial charge on any atom is 0.0947 e. The Morgan fingerprint density at radius 3 is 2.60 bits per heavy atom. The topological polar surface area (TPSA) is 3.24 Å². The predicted molar refractivity (Wildman–Crippen MR) is 65.1 cm³/mol. The van der Waals surface area contributed by atoms with Crippen molar-refractivity contribution in [2.75, 3.05) is 0 Å². The van der Waals surface area contributed by atoms with Crippen LogP contribution < -0.4 is 0 Å². The summed E-state index contributed by atoms with van der Waals surface area (Å²) in [5.74, 6) is 0. The molecule has 1 aromatic rings. The Balaban J connectivity index is 2.11. The number of rotatable bonds is 2. The summed E-state index contributed by atoms with van der Waals surface area (Å²) in [5, 5.41) is 0. The van der Waals surface area contributed by atoms with Crippen molar-refractivity contribution in [1.82, 2.24) is 4.90 Å². The van der Waals surface area contributed by atoms with E-state index in [-0.39, 0.29) is 10.5 Å². The van der Waals surface area contributed by atoms with Gasteiger partial charge in [0, 0.05) is 6.54 Å². The van der Waals surface area contributed by atoms with E-state index in [1.165, 1.54) is 5.56 Å². The van der Waals surface area contributed by atoms with Gasteiger partial charge in [-0.15, -0.1) is 23.2 Å². The minimum absolute atomic E-state index is 0.0627. The molecule has 0 radical (unpaired) electrons. The van der Waals surface area contributed by atoms with Crippen LogP contribution in [0.25, 0.3) is 0 Å². The summed E-state index contributed by atoms with van der Waals surface area (Å²) in [6, 6.07) is 10.3. The number of hydrogen-bond donors (Lipinski definition) is 0. The van der Waals surface area contributed by atoms with Gasteiger partial charge in [0.15, 0.2) is 0 Å². The van der Waals surface area contributed by atoms with Crippen molar-refractivity contribution >= 4 is 23.2 Å². The molecule has 0 amide bonds. The average Bonchev–Trinajstić information content (AvgIpc) is 2.47. The van der Waals surface area contributed by atoms with Crippen LogP contribution in [0.1, 0.15) is 25.3 Å². The molecule has 15 heavy (non-hydrogen) atoms. The summed E-state index contributed by atoms with van der Waals surface area (Å²) in [7, 11) is 0. The summed E-state index contributed by atoms with van der Waals surface area (Å²) in [6.07, 6.45) is 1.92. The van der Waals surface area contributed by atoms with Crippen LogP contribution in [0.4, 0.5) is 0 Å². The quantitative estimate of drug-likeness (QED) is 0.565. The van der Waals surface area contributed by atoms with Gasteiger partial charge in [0.1, 0.15) is 0 Å². The molecule has 0 aliphatic carbocycles. The molecule has 0 bridgehead atoms. The fourth-order valence-corrected chi connectivity index (χ4v) is 2.75. The molecule has 0 spiro atoms. The van der Waals surface area contributed by atoms with Crippen molar-refractivity contribution in [3.63, 3.8) is 0 Å². The van der Waals surface area contributed by atoms with Crippen molar-refractivity contribution in [3.8, 4) is 0 Å². The number of nitrogens with zero attached hydrogens (tertiary/aromatic N) is 1. The van der Waals surface area contributed by atoms with Crippen LogP contribution in [0.15, 0.2) is 30.3 Å². The minimum Gasteiger partial charge on any atom is -0.264 e. The first-order valence-electron chi connectivity index (χ1n) is 5.23. The zero-order valence-corrected chi connectivity index (χ0v) is 10.3. The fourth-order valence-electron chi connectivity index (χ4n) is 2.02. The molecule has 1 heterocycles. The molecule has 2 rings (SSSR count). The van der Waals surface area contributed by atoms with E-state index >= 15 is 0 Å². The largest absolute Gasteiger partial charge is 0.264 e. The van der Waals surface area contributed by atoms with Gasteiger partial charge in [-0.2, -0.15) is 0 Å². The maximum atomic E-state index is 6.42. The molecule has 0 aromatic heterocycles. The molecule has 0 N–H and O–H groups in total. The van der Waals surface area contributed by atoms with E-state index in [2.05, 4.69) is 17.0 Å². The van der Waals surface area contributed by atoms with Gasteiger partial charge in [0.05, 0.1) is 10.5 Å². The van der Waals surface area contributed by atoms with Gasteiger partial charge in [0.2, 0.25) is 0 Å². The summed E-state index contributed by atoms with van der Waals surface area (Å²) >= 11 is 12.7. The molecule has 1 aliphatic rings. The Kier molecular flexibility index (Phi) is 3.24. The third kappa shape index (κ3) is 2.47. The number of benzene rings is 1.